The molecule has 0 saturated carbocycles. The molecule has 0 aliphatic carbocycles. The van der Waals surface area contributed by atoms with Crippen LogP contribution in [-0.4, -0.2) is 12.4 Å². The molecule has 0 spiro atoms. The van der Waals surface area contributed by atoms with Crippen molar-refractivity contribution >= 4 is 78.1 Å². The number of hydrogen-bond donors (Lipinski definition) is 0. The second-order valence-corrected chi connectivity index (χ2v) is 7.87. The number of aliphatic imine (C=N–C) groups is 2. The van der Waals surface area contributed by atoms with Crippen LogP contribution in [0.5, 0.6) is 0 Å². The van der Waals surface area contributed by atoms with E-state index in [1.54, 1.807) is 6.92 Å². The van der Waals surface area contributed by atoms with Gasteiger partial charge in [-0.3, -0.25) is 4.99 Å². The minimum absolute atomic E-state index is 0.368. The molecule has 0 fully saturated rings. The molecule has 0 N–H and O–H groups in total. The fraction of sp³-hybridized carbons (Fsp3) is 0.0357. The highest BCUT2D eigenvalue weighted by Crippen LogP contribution is 2.48. The molecular formula is C28H17N3O. The van der Waals surface area contributed by atoms with Gasteiger partial charge in [0, 0.05) is 21.5 Å². The quantitative estimate of drug-likeness (QED) is 0.214. The van der Waals surface area contributed by atoms with Crippen LogP contribution >= 0.6 is 0 Å². The van der Waals surface area contributed by atoms with E-state index in [1.165, 1.54) is 0 Å². The minimum Gasteiger partial charge on any atom is -0.456 e. The minimum atomic E-state index is 0.368. The first-order valence-electron chi connectivity index (χ1n) is 10.3. The molecule has 6 aromatic rings. The molecule has 32 heavy (non-hydrogen) atoms. The van der Waals surface area contributed by atoms with E-state index < -0.39 is 0 Å². The summed E-state index contributed by atoms with van der Waals surface area (Å²) in [5.41, 5.74) is 3.37. The summed E-state index contributed by atoms with van der Waals surface area (Å²) in [5.74, 6) is 0. The molecule has 0 atom stereocenters. The van der Waals surface area contributed by atoms with Crippen LogP contribution in [0, 0.1) is 11.3 Å². The smallest absolute Gasteiger partial charge is 0.136 e. The molecule has 5 aromatic carbocycles. The van der Waals surface area contributed by atoms with E-state index in [0.717, 1.165) is 54.3 Å². The molecule has 1 aromatic heterocycles. The van der Waals surface area contributed by atoms with Crippen LogP contribution in [0.1, 0.15) is 6.92 Å². The summed E-state index contributed by atoms with van der Waals surface area (Å²) >= 11 is 0. The van der Waals surface area contributed by atoms with Crippen LogP contribution in [0.15, 0.2) is 87.2 Å². The molecule has 0 amide bonds. The molecule has 150 valence electrons. The number of furan rings is 1. The Morgan fingerprint density at radius 3 is 2.38 bits per heavy atom. The van der Waals surface area contributed by atoms with Gasteiger partial charge in [-0.2, -0.15) is 5.26 Å². The van der Waals surface area contributed by atoms with E-state index in [4.69, 9.17) is 9.41 Å². The molecule has 0 radical (unpaired) electrons. The Hall–Kier alpha value is -4.49. The summed E-state index contributed by atoms with van der Waals surface area (Å²) in [6.45, 7) is 5.58. The standard InChI is InChI=1S/C28H17N3O/c1-16(15-29)31-27-23-13-22-19-9-5-6-10-24(19)32-25(22)14-21(23)20-12-11-17-7-3-4-8-18(17)26(20)28(27)30-2/h3-14H,2H2,1H3/b31-16+. The zero-order valence-corrected chi connectivity index (χ0v) is 17.4. The van der Waals surface area contributed by atoms with Crippen molar-refractivity contribution in [3.05, 3.63) is 72.8 Å². The molecule has 0 saturated heterocycles. The first-order chi connectivity index (χ1) is 15.7. The molecule has 4 heteroatoms. The average molecular weight is 411 g/mol. The number of nitriles is 1. The summed E-state index contributed by atoms with van der Waals surface area (Å²) in [6, 6.07) is 26.8. The fourth-order valence-corrected chi connectivity index (χ4v) is 4.65. The Morgan fingerprint density at radius 2 is 1.56 bits per heavy atom. The summed E-state index contributed by atoms with van der Waals surface area (Å²) in [4.78, 5) is 9.12. The normalized spacial score (nSPS) is 12.2. The number of para-hydroxylation sites is 1. The predicted octanol–water partition coefficient (Wildman–Crippen LogP) is 7.99. The lowest BCUT2D eigenvalue weighted by molar-refractivity contribution is 0.669. The van der Waals surface area contributed by atoms with E-state index >= 15 is 0 Å². The summed E-state index contributed by atoms with van der Waals surface area (Å²) in [6.07, 6.45) is 0. The lowest BCUT2D eigenvalue weighted by Crippen LogP contribution is -1.88. The second kappa shape index (κ2) is 6.76. The van der Waals surface area contributed by atoms with Crippen molar-refractivity contribution in [3.63, 3.8) is 0 Å². The molecular weight excluding hydrogens is 394 g/mol. The SMILES string of the molecule is C=Nc1c(/N=C(\C)C#N)c2cc3c(cc2c2ccc4ccccc4c12)oc1ccccc13. The van der Waals surface area contributed by atoms with E-state index in [9.17, 15) is 5.26 Å². The highest BCUT2D eigenvalue weighted by molar-refractivity contribution is 6.29. The summed E-state index contributed by atoms with van der Waals surface area (Å²) in [5, 5.41) is 17.7. The van der Waals surface area contributed by atoms with E-state index in [0.29, 0.717) is 17.1 Å². The van der Waals surface area contributed by atoms with Gasteiger partial charge in [-0.05, 0) is 53.4 Å². The van der Waals surface area contributed by atoms with Crippen molar-refractivity contribution in [2.24, 2.45) is 9.98 Å². The van der Waals surface area contributed by atoms with Crippen LogP contribution in [0.25, 0.3) is 54.3 Å². The lowest BCUT2D eigenvalue weighted by atomic mass is 9.93. The number of fused-ring (bicyclic) bond motifs is 8. The first kappa shape index (κ1) is 18.3. The van der Waals surface area contributed by atoms with E-state index in [2.05, 4.69) is 60.2 Å². The molecule has 6 rings (SSSR count). The highest BCUT2D eigenvalue weighted by atomic mass is 16.3. The molecule has 0 aliphatic rings. The third-order valence-corrected chi connectivity index (χ3v) is 6.05. The Morgan fingerprint density at radius 1 is 0.781 bits per heavy atom. The maximum Gasteiger partial charge on any atom is 0.136 e. The Balaban J connectivity index is 1.93. The van der Waals surface area contributed by atoms with Crippen molar-refractivity contribution in [2.75, 3.05) is 0 Å². The number of nitrogens with zero attached hydrogens (tertiary/aromatic N) is 3. The second-order valence-electron chi connectivity index (χ2n) is 7.87. The monoisotopic (exact) mass is 411 g/mol. The van der Waals surface area contributed by atoms with Crippen molar-refractivity contribution in [1.29, 1.82) is 5.26 Å². The van der Waals surface area contributed by atoms with Crippen LogP contribution in [-0.2, 0) is 0 Å². The summed E-state index contributed by atoms with van der Waals surface area (Å²) in [7, 11) is 0. The van der Waals surface area contributed by atoms with Gasteiger partial charge in [0.05, 0.1) is 11.4 Å². The van der Waals surface area contributed by atoms with Crippen molar-refractivity contribution in [1.82, 2.24) is 0 Å². The van der Waals surface area contributed by atoms with Gasteiger partial charge in [0.25, 0.3) is 0 Å². The van der Waals surface area contributed by atoms with Gasteiger partial charge in [0.15, 0.2) is 0 Å². The Kier molecular flexibility index (Phi) is 3.87. The maximum atomic E-state index is 9.45. The first-order valence-corrected chi connectivity index (χ1v) is 10.3. The van der Waals surface area contributed by atoms with Gasteiger partial charge in [0.2, 0.25) is 0 Å². The van der Waals surface area contributed by atoms with Crippen LogP contribution in [0.2, 0.25) is 0 Å². The Bertz CT molecular complexity index is 1820. The highest BCUT2D eigenvalue weighted by Gasteiger charge is 2.18. The number of benzene rings is 5. The molecule has 4 nitrogen and oxygen atoms in total. The van der Waals surface area contributed by atoms with Crippen molar-refractivity contribution in [2.45, 2.75) is 6.92 Å². The van der Waals surface area contributed by atoms with Crippen molar-refractivity contribution in [3.8, 4) is 6.07 Å². The van der Waals surface area contributed by atoms with Gasteiger partial charge in [0.1, 0.15) is 22.9 Å². The van der Waals surface area contributed by atoms with Crippen LogP contribution in [0.3, 0.4) is 0 Å². The van der Waals surface area contributed by atoms with Gasteiger partial charge < -0.3 is 4.42 Å². The van der Waals surface area contributed by atoms with E-state index in [-0.39, 0.29) is 0 Å². The third kappa shape index (κ3) is 2.49. The zero-order valence-electron chi connectivity index (χ0n) is 17.4. The molecule has 0 unspecified atom stereocenters. The van der Waals surface area contributed by atoms with Gasteiger partial charge in [-0.25, -0.2) is 4.99 Å². The fourth-order valence-electron chi connectivity index (χ4n) is 4.65. The van der Waals surface area contributed by atoms with Crippen LogP contribution < -0.4 is 0 Å². The maximum absolute atomic E-state index is 9.45. The van der Waals surface area contributed by atoms with Gasteiger partial charge in [-0.15, -0.1) is 0 Å². The van der Waals surface area contributed by atoms with Gasteiger partial charge >= 0.3 is 0 Å². The largest absolute Gasteiger partial charge is 0.456 e. The predicted molar refractivity (Wildman–Crippen MR) is 134 cm³/mol. The lowest BCUT2D eigenvalue weighted by Gasteiger charge is -2.14. The molecule has 0 aliphatic heterocycles. The number of rotatable bonds is 2. The number of hydrogen-bond acceptors (Lipinski definition) is 4. The van der Waals surface area contributed by atoms with Gasteiger partial charge in [-0.1, -0.05) is 54.6 Å². The molecule has 1 heterocycles. The zero-order chi connectivity index (χ0) is 21.8. The third-order valence-electron chi connectivity index (χ3n) is 6.05. The summed E-state index contributed by atoms with van der Waals surface area (Å²) < 4.78 is 6.17. The molecule has 0 bridgehead atoms. The van der Waals surface area contributed by atoms with E-state index in [1.807, 2.05) is 30.3 Å². The Labute approximate surface area is 183 Å². The van der Waals surface area contributed by atoms with Crippen molar-refractivity contribution < 1.29 is 4.42 Å². The average Bonchev–Trinajstić information content (AvgIpc) is 3.20. The van der Waals surface area contributed by atoms with Crippen LogP contribution in [0.4, 0.5) is 11.4 Å². The topological polar surface area (TPSA) is 61.6 Å².